The van der Waals surface area contributed by atoms with Crippen LogP contribution in [-0.4, -0.2) is 50.5 Å². The van der Waals surface area contributed by atoms with Crippen molar-refractivity contribution in [2.45, 2.75) is 64.9 Å². The summed E-state index contributed by atoms with van der Waals surface area (Å²) in [6.07, 6.45) is 2.83. The molecule has 0 heterocycles. The summed E-state index contributed by atoms with van der Waals surface area (Å²) in [4.78, 5) is 24.7. The molecule has 0 N–H and O–H groups in total. The fourth-order valence-corrected chi connectivity index (χ4v) is 5.59. The topological polar surface area (TPSA) is 90.0 Å². The molecule has 0 bridgehead atoms. The molecule has 1 aliphatic rings. The highest BCUT2D eigenvalue weighted by atomic mass is 32.2. The molecule has 31 heavy (non-hydrogen) atoms. The van der Waals surface area contributed by atoms with Crippen LogP contribution >= 0.6 is 0 Å². The van der Waals surface area contributed by atoms with Crippen LogP contribution in [0, 0.1) is 17.8 Å². The maximum Gasteiger partial charge on any atom is 0.344 e. The van der Waals surface area contributed by atoms with E-state index in [1.165, 1.54) is 28.6 Å². The van der Waals surface area contributed by atoms with Gasteiger partial charge in [-0.1, -0.05) is 41.0 Å². The Labute approximate surface area is 186 Å². The standard InChI is InChI=1S/C23H35NO6S/c1-6-24(7-2)31(27,28)19-11-9-18(10-12-19)23(26)29-15-22(25)30-21-14-17(5)8-13-20(21)16(3)4/h9-12,16-17,20-21H,6-8,13-15H2,1-5H3. The fourth-order valence-electron chi connectivity index (χ4n) is 4.14. The third-order valence-corrected chi connectivity index (χ3v) is 8.06. The van der Waals surface area contributed by atoms with Gasteiger partial charge in [0.25, 0.3) is 0 Å². The first-order chi connectivity index (χ1) is 14.6. The van der Waals surface area contributed by atoms with Gasteiger partial charge < -0.3 is 9.47 Å². The van der Waals surface area contributed by atoms with E-state index < -0.39 is 28.6 Å². The molecule has 2 rings (SSSR count). The van der Waals surface area contributed by atoms with Crippen molar-refractivity contribution < 1.29 is 27.5 Å². The predicted molar refractivity (Wildman–Crippen MR) is 118 cm³/mol. The lowest BCUT2D eigenvalue weighted by atomic mass is 9.75. The molecule has 0 radical (unpaired) electrons. The number of nitrogens with zero attached hydrogens (tertiary/aromatic N) is 1. The molecule has 0 aliphatic heterocycles. The summed E-state index contributed by atoms with van der Waals surface area (Å²) in [7, 11) is -3.60. The Balaban J connectivity index is 1.94. The number of esters is 2. The van der Waals surface area contributed by atoms with E-state index in [9.17, 15) is 18.0 Å². The Hall–Kier alpha value is -1.93. The number of carbonyl (C=O) groups is 2. The van der Waals surface area contributed by atoms with E-state index in [0.29, 0.717) is 30.8 Å². The molecule has 0 spiro atoms. The van der Waals surface area contributed by atoms with Crippen LogP contribution in [0.25, 0.3) is 0 Å². The first-order valence-electron chi connectivity index (χ1n) is 11.1. The molecule has 1 fully saturated rings. The van der Waals surface area contributed by atoms with E-state index in [-0.39, 0.29) is 16.6 Å². The summed E-state index contributed by atoms with van der Waals surface area (Å²) < 4.78 is 37.1. The Morgan fingerprint density at radius 3 is 2.26 bits per heavy atom. The van der Waals surface area contributed by atoms with Crippen molar-refractivity contribution in [1.82, 2.24) is 4.31 Å². The van der Waals surface area contributed by atoms with Crippen molar-refractivity contribution in [2.24, 2.45) is 17.8 Å². The van der Waals surface area contributed by atoms with Gasteiger partial charge in [0.05, 0.1) is 10.5 Å². The lowest BCUT2D eigenvalue weighted by molar-refractivity contribution is -0.159. The summed E-state index contributed by atoms with van der Waals surface area (Å²) in [5.41, 5.74) is 0.178. The largest absolute Gasteiger partial charge is 0.460 e. The monoisotopic (exact) mass is 453 g/mol. The van der Waals surface area contributed by atoms with Gasteiger partial charge in [0.15, 0.2) is 6.61 Å². The Morgan fingerprint density at radius 1 is 1.10 bits per heavy atom. The third kappa shape index (κ3) is 6.53. The van der Waals surface area contributed by atoms with Gasteiger partial charge in [-0.3, -0.25) is 0 Å². The van der Waals surface area contributed by atoms with Crippen molar-refractivity contribution in [1.29, 1.82) is 0 Å². The smallest absolute Gasteiger partial charge is 0.344 e. The minimum Gasteiger partial charge on any atom is -0.460 e. The summed E-state index contributed by atoms with van der Waals surface area (Å²) in [5, 5.41) is 0. The van der Waals surface area contributed by atoms with Gasteiger partial charge >= 0.3 is 11.9 Å². The lowest BCUT2D eigenvalue weighted by Crippen LogP contribution is -2.36. The molecule has 0 aromatic heterocycles. The van der Waals surface area contributed by atoms with E-state index in [1.807, 2.05) is 0 Å². The molecule has 3 unspecified atom stereocenters. The van der Waals surface area contributed by atoms with E-state index in [4.69, 9.17) is 9.47 Å². The molecule has 1 aliphatic carbocycles. The van der Waals surface area contributed by atoms with Crippen LogP contribution in [0.15, 0.2) is 29.2 Å². The van der Waals surface area contributed by atoms with Gasteiger partial charge in [0.1, 0.15) is 6.10 Å². The Morgan fingerprint density at radius 2 is 1.71 bits per heavy atom. The lowest BCUT2D eigenvalue weighted by Gasteiger charge is -2.36. The third-order valence-electron chi connectivity index (χ3n) is 6.00. The van der Waals surface area contributed by atoms with Gasteiger partial charge in [-0.05, 0) is 54.9 Å². The van der Waals surface area contributed by atoms with Gasteiger partial charge in [-0.2, -0.15) is 4.31 Å². The Kier molecular flexibility index (Phi) is 9.06. The minimum absolute atomic E-state index is 0.110. The molecule has 0 amide bonds. The zero-order valence-electron chi connectivity index (χ0n) is 19.2. The Bertz CT molecular complexity index is 845. The van der Waals surface area contributed by atoms with Crippen molar-refractivity contribution in [3.05, 3.63) is 29.8 Å². The molecule has 1 aromatic rings. The number of ether oxygens (including phenoxy) is 2. The first kappa shape index (κ1) is 25.3. The zero-order valence-corrected chi connectivity index (χ0v) is 20.0. The van der Waals surface area contributed by atoms with Crippen LogP contribution in [0.2, 0.25) is 0 Å². The first-order valence-corrected chi connectivity index (χ1v) is 12.5. The second-order valence-corrected chi connectivity index (χ2v) is 10.5. The highest BCUT2D eigenvalue weighted by Gasteiger charge is 2.33. The van der Waals surface area contributed by atoms with Gasteiger partial charge in [0.2, 0.25) is 10.0 Å². The van der Waals surface area contributed by atoms with Gasteiger partial charge in [0, 0.05) is 13.1 Å². The van der Waals surface area contributed by atoms with Crippen LogP contribution in [0.3, 0.4) is 0 Å². The molecular formula is C23H35NO6S. The molecule has 174 valence electrons. The van der Waals surface area contributed by atoms with Gasteiger partial charge in [-0.25, -0.2) is 18.0 Å². The summed E-state index contributed by atoms with van der Waals surface area (Å²) >= 11 is 0. The summed E-state index contributed by atoms with van der Waals surface area (Å²) in [5.74, 6) is -0.0170. The highest BCUT2D eigenvalue weighted by Crippen LogP contribution is 2.35. The number of carbonyl (C=O) groups excluding carboxylic acids is 2. The van der Waals surface area contributed by atoms with Crippen molar-refractivity contribution in [3.8, 4) is 0 Å². The number of hydrogen-bond donors (Lipinski definition) is 0. The van der Waals surface area contributed by atoms with E-state index in [2.05, 4.69) is 20.8 Å². The van der Waals surface area contributed by atoms with E-state index in [1.54, 1.807) is 13.8 Å². The molecule has 1 saturated carbocycles. The number of hydrogen-bond acceptors (Lipinski definition) is 6. The quantitative estimate of drug-likeness (QED) is 0.527. The average Bonchev–Trinajstić information content (AvgIpc) is 2.72. The SMILES string of the molecule is CCN(CC)S(=O)(=O)c1ccc(C(=O)OCC(=O)OC2CC(C)CCC2C(C)C)cc1. The fraction of sp³-hybridized carbons (Fsp3) is 0.652. The summed E-state index contributed by atoms with van der Waals surface area (Å²) in [6.45, 7) is 10.2. The molecule has 3 atom stereocenters. The molecular weight excluding hydrogens is 418 g/mol. The van der Waals surface area contributed by atoms with Crippen LogP contribution in [0.5, 0.6) is 0 Å². The molecule has 7 nitrogen and oxygen atoms in total. The average molecular weight is 454 g/mol. The molecule has 8 heteroatoms. The van der Waals surface area contributed by atoms with Crippen molar-refractivity contribution >= 4 is 22.0 Å². The van der Waals surface area contributed by atoms with Gasteiger partial charge in [-0.15, -0.1) is 0 Å². The molecule has 0 saturated heterocycles. The van der Waals surface area contributed by atoms with Crippen molar-refractivity contribution in [2.75, 3.05) is 19.7 Å². The van der Waals surface area contributed by atoms with E-state index >= 15 is 0 Å². The van der Waals surface area contributed by atoms with Crippen LogP contribution in [0.1, 0.15) is 64.2 Å². The number of rotatable bonds is 9. The zero-order chi connectivity index (χ0) is 23.2. The maximum absolute atomic E-state index is 12.5. The van der Waals surface area contributed by atoms with E-state index in [0.717, 1.165) is 19.3 Å². The highest BCUT2D eigenvalue weighted by molar-refractivity contribution is 7.89. The van der Waals surface area contributed by atoms with Crippen LogP contribution in [-0.2, 0) is 24.3 Å². The second-order valence-electron chi connectivity index (χ2n) is 8.54. The number of sulfonamides is 1. The molecule has 1 aromatic carbocycles. The second kappa shape index (κ2) is 11.1. The summed E-state index contributed by atoms with van der Waals surface area (Å²) in [6, 6.07) is 5.53. The van der Waals surface area contributed by atoms with Crippen molar-refractivity contribution in [3.63, 3.8) is 0 Å². The predicted octanol–water partition coefficient (Wildman–Crippen LogP) is 3.88. The normalized spacial score (nSPS) is 21.8. The van der Waals surface area contributed by atoms with Crippen LogP contribution < -0.4 is 0 Å². The number of benzene rings is 1. The minimum atomic E-state index is -3.60. The van der Waals surface area contributed by atoms with Crippen LogP contribution in [0.4, 0.5) is 0 Å². The maximum atomic E-state index is 12.5.